The van der Waals surface area contributed by atoms with Gasteiger partial charge in [-0.05, 0) is 0 Å². The molecule has 0 aromatic heterocycles. The lowest BCUT2D eigenvalue weighted by atomic mass is 10.1. The van der Waals surface area contributed by atoms with Crippen LogP contribution in [0.1, 0.15) is 20.3 Å². The number of fused-ring (bicyclic) bond motifs is 2. The third kappa shape index (κ3) is 1.70. The van der Waals surface area contributed by atoms with E-state index in [-0.39, 0.29) is 12.0 Å². The Bertz CT molecular complexity index is 282. The van der Waals surface area contributed by atoms with Crippen molar-refractivity contribution < 1.29 is 28.3 Å². The fourth-order valence-electron chi connectivity index (χ4n) is 1.83. The van der Waals surface area contributed by atoms with Gasteiger partial charge in [0.15, 0.2) is 12.4 Å². The van der Waals surface area contributed by atoms with Gasteiger partial charge in [-0.25, -0.2) is 4.79 Å². The van der Waals surface area contributed by atoms with Crippen molar-refractivity contribution in [2.24, 2.45) is 0 Å². The number of aliphatic carboxylic acids is 1. The Hall–Kier alpha value is -0.473. The summed E-state index contributed by atoms with van der Waals surface area (Å²) < 4.78 is 16.2. The van der Waals surface area contributed by atoms with Crippen LogP contribution in [0, 0.1) is 0 Å². The van der Waals surface area contributed by atoms with Gasteiger partial charge in [0.1, 0.15) is 0 Å². The normalized spacial score (nSPS) is 44.7. The molecule has 2 aliphatic rings. The van der Waals surface area contributed by atoms with E-state index in [2.05, 4.69) is 0 Å². The average molecular weight is 234 g/mol. The van der Waals surface area contributed by atoms with Gasteiger partial charge in [-0.3, -0.25) is 0 Å². The molecule has 4 atom stereocenters. The molecule has 2 N–H and O–H groups in total. The molecule has 0 saturated carbocycles. The van der Waals surface area contributed by atoms with Crippen LogP contribution in [-0.2, 0) is 18.1 Å². The molecule has 2 heterocycles. The number of aliphatic hydroxyl groups excluding tert-OH is 1. The maximum absolute atomic E-state index is 10.9. The van der Waals surface area contributed by atoms with Crippen molar-refractivity contribution in [3.05, 3.63) is 0 Å². The zero-order valence-electron chi connectivity index (χ0n) is 8.54. The molecule has 7 heteroatoms. The molecule has 2 aliphatic heterocycles. The van der Waals surface area contributed by atoms with Gasteiger partial charge in [-0.15, -0.1) is 0 Å². The SMILES string of the molecule is CC(C)[Si]12OC(O)CC(O1)C(C(=O)O)O2. The monoisotopic (exact) mass is 234 g/mol. The fraction of sp³-hybridized carbons (Fsp3) is 0.875. The summed E-state index contributed by atoms with van der Waals surface area (Å²) in [4.78, 5) is 10.9. The highest BCUT2D eigenvalue weighted by Crippen LogP contribution is 2.41. The summed E-state index contributed by atoms with van der Waals surface area (Å²) in [6.07, 6.45) is -2.41. The van der Waals surface area contributed by atoms with Crippen LogP contribution in [0.25, 0.3) is 0 Å². The van der Waals surface area contributed by atoms with Crippen molar-refractivity contribution in [1.29, 1.82) is 0 Å². The molecule has 0 aliphatic carbocycles. The maximum Gasteiger partial charge on any atom is 0.506 e. The second kappa shape index (κ2) is 3.53. The van der Waals surface area contributed by atoms with Crippen LogP contribution in [0.3, 0.4) is 0 Å². The summed E-state index contributed by atoms with van der Waals surface area (Å²) in [5, 5.41) is 18.4. The third-order valence-electron chi connectivity index (χ3n) is 2.63. The van der Waals surface area contributed by atoms with Gasteiger partial charge in [0.05, 0.1) is 6.10 Å². The first kappa shape index (κ1) is 11.0. The highest BCUT2D eigenvalue weighted by Gasteiger charge is 2.62. The first-order valence-corrected chi connectivity index (χ1v) is 6.69. The summed E-state index contributed by atoms with van der Waals surface area (Å²) in [7, 11) is -2.98. The maximum atomic E-state index is 10.9. The number of rotatable bonds is 2. The lowest BCUT2D eigenvalue weighted by Gasteiger charge is -2.33. The second-order valence-electron chi connectivity index (χ2n) is 4.10. The van der Waals surface area contributed by atoms with Crippen LogP contribution >= 0.6 is 0 Å². The van der Waals surface area contributed by atoms with Crippen molar-refractivity contribution in [2.75, 3.05) is 0 Å². The molecule has 2 bridgehead atoms. The van der Waals surface area contributed by atoms with Crippen LogP contribution in [0.4, 0.5) is 0 Å². The predicted octanol–water partition coefficient (Wildman–Crippen LogP) is -0.0574. The van der Waals surface area contributed by atoms with Crippen molar-refractivity contribution in [1.82, 2.24) is 0 Å². The van der Waals surface area contributed by atoms with E-state index in [1.54, 1.807) is 0 Å². The molecule has 4 unspecified atom stereocenters. The van der Waals surface area contributed by atoms with Crippen LogP contribution in [0.2, 0.25) is 5.54 Å². The molecule has 0 aromatic rings. The first-order valence-electron chi connectivity index (χ1n) is 4.89. The highest BCUT2D eigenvalue weighted by atomic mass is 28.4. The Morgan fingerprint density at radius 3 is 2.60 bits per heavy atom. The number of carbonyl (C=O) groups is 1. The third-order valence-corrected chi connectivity index (χ3v) is 5.86. The van der Waals surface area contributed by atoms with Gasteiger partial charge >= 0.3 is 14.8 Å². The van der Waals surface area contributed by atoms with Gasteiger partial charge in [0.25, 0.3) is 0 Å². The summed E-state index contributed by atoms with van der Waals surface area (Å²) in [6.45, 7) is 3.68. The van der Waals surface area contributed by atoms with Crippen molar-refractivity contribution in [3.63, 3.8) is 0 Å². The zero-order valence-corrected chi connectivity index (χ0v) is 9.54. The Labute approximate surface area is 88.1 Å². The van der Waals surface area contributed by atoms with E-state index in [9.17, 15) is 9.90 Å². The fourth-order valence-corrected chi connectivity index (χ4v) is 4.54. The van der Waals surface area contributed by atoms with Crippen LogP contribution in [0.5, 0.6) is 0 Å². The van der Waals surface area contributed by atoms with Crippen LogP contribution < -0.4 is 0 Å². The topological polar surface area (TPSA) is 85.2 Å². The Morgan fingerprint density at radius 1 is 1.40 bits per heavy atom. The van der Waals surface area contributed by atoms with Gasteiger partial charge in [-0.2, -0.15) is 0 Å². The smallest absolute Gasteiger partial charge is 0.479 e. The molecule has 2 saturated heterocycles. The number of carboxylic acid groups (broad SMARTS) is 1. The van der Waals surface area contributed by atoms with E-state index < -0.39 is 33.3 Å². The van der Waals surface area contributed by atoms with Crippen molar-refractivity contribution >= 4 is 14.8 Å². The first-order chi connectivity index (χ1) is 6.94. The number of carboxylic acids is 1. The summed E-state index contributed by atoms with van der Waals surface area (Å²) in [6, 6.07) is 0. The number of hydrogen-bond acceptors (Lipinski definition) is 5. The highest BCUT2D eigenvalue weighted by molar-refractivity contribution is 6.63. The average Bonchev–Trinajstić information content (AvgIpc) is 2.39. The predicted molar refractivity (Wildman–Crippen MR) is 49.9 cm³/mol. The minimum atomic E-state index is -2.98. The van der Waals surface area contributed by atoms with E-state index in [0.29, 0.717) is 0 Å². The molecule has 15 heavy (non-hydrogen) atoms. The largest absolute Gasteiger partial charge is 0.506 e. The Morgan fingerprint density at radius 2 is 2.07 bits per heavy atom. The van der Waals surface area contributed by atoms with Crippen LogP contribution in [0.15, 0.2) is 0 Å². The lowest BCUT2D eigenvalue weighted by Crippen LogP contribution is -2.50. The molecule has 0 amide bonds. The van der Waals surface area contributed by atoms with Crippen LogP contribution in [-0.4, -0.2) is 43.5 Å². The zero-order chi connectivity index (χ0) is 11.2. The minimum Gasteiger partial charge on any atom is -0.479 e. The molecule has 0 aromatic carbocycles. The number of hydrogen-bond donors (Lipinski definition) is 2. The van der Waals surface area contributed by atoms with Crippen molar-refractivity contribution in [2.45, 2.75) is 44.3 Å². The summed E-state index contributed by atoms with van der Waals surface area (Å²) in [5.41, 5.74) is -0.0562. The molecular weight excluding hydrogens is 220 g/mol. The molecule has 0 radical (unpaired) electrons. The molecule has 0 spiro atoms. The van der Waals surface area contributed by atoms with Gasteiger partial charge in [0.2, 0.25) is 0 Å². The Kier molecular flexibility index (Phi) is 2.59. The lowest BCUT2D eigenvalue weighted by molar-refractivity contribution is -0.146. The van der Waals surface area contributed by atoms with Gasteiger partial charge in [0, 0.05) is 12.0 Å². The van der Waals surface area contributed by atoms with E-state index in [1.165, 1.54) is 0 Å². The molecule has 2 fully saturated rings. The molecule has 6 nitrogen and oxygen atoms in total. The van der Waals surface area contributed by atoms with E-state index >= 15 is 0 Å². The second-order valence-corrected chi connectivity index (χ2v) is 7.17. The minimum absolute atomic E-state index is 0.0562. The molecular formula is C8H14O6Si. The summed E-state index contributed by atoms with van der Waals surface area (Å²) in [5.74, 6) is -1.06. The number of aliphatic hydroxyl groups is 1. The van der Waals surface area contributed by atoms with E-state index in [4.69, 9.17) is 18.4 Å². The summed E-state index contributed by atoms with van der Waals surface area (Å²) >= 11 is 0. The quantitative estimate of drug-likeness (QED) is 0.651. The molecule has 2 rings (SSSR count). The molecule has 86 valence electrons. The van der Waals surface area contributed by atoms with Gasteiger partial charge in [-0.1, -0.05) is 13.8 Å². The van der Waals surface area contributed by atoms with Crippen molar-refractivity contribution in [3.8, 4) is 0 Å². The van der Waals surface area contributed by atoms with E-state index in [1.807, 2.05) is 13.8 Å². The van der Waals surface area contributed by atoms with Gasteiger partial charge < -0.3 is 23.5 Å². The standard InChI is InChI=1S/C8H14O6Si/c1-4(2)15-12-5(3-6(9)13-15)7(14-15)8(10)11/h4-7,9H,3H2,1-2H3,(H,10,11). The van der Waals surface area contributed by atoms with E-state index in [0.717, 1.165) is 0 Å². The Balaban J connectivity index is 2.24.